The van der Waals surface area contributed by atoms with Gasteiger partial charge in [-0.3, -0.25) is 5.10 Å². The summed E-state index contributed by atoms with van der Waals surface area (Å²) in [6.45, 7) is 1.34. The van der Waals surface area contributed by atoms with E-state index in [0.29, 0.717) is 10.6 Å². The summed E-state index contributed by atoms with van der Waals surface area (Å²) in [5.41, 5.74) is -0.458. The lowest BCUT2D eigenvalue weighted by Crippen LogP contribution is -2.07. The van der Waals surface area contributed by atoms with E-state index in [4.69, 9.17) is 11.6 Å². The lowest BCUT2D eigenvalue weighted by Gasteiger charge is -2.08. The summed E-state index contributed by atoms with van der Waals surface area (Å²) in [5.74, 6) is 0. The Labute approximate surface area is 100 Å². The van der Waals surface area contributed by atoms with Gasteiger partial charge >= 0.3 is 6.18 Å². The van der Waals surface area contributed by atoms with Gasteiger partial charge in [0.2, 0.25) is 0 Å². The van der Waals surface area contributed by atoms with Crippen LogP contribution >= 0.6 is 11.6 Å². The molecular formula is C11H8ClF3N2. The second-order valence-corrected chi connectivity index (χ2v) is 4.01. The summed E-state index contributed by atoms with van der Waals surface area (Å²) in [6.07, 6.45) is -4.42. The number of nitrogens with one attached hydrogen (secondary N) is 1. The minimum Gasteiger partial charge on any atom is -0.282 e. The maximum Gasteiger partial charge on any atom is 0.420 e. The van der Waals surface area contributed by atoms with Gasteiger partial charge in [-0.2, -0.15) is 18.3 Å². The molecule has 1 aromatic heterocycles. The second-order valence-electron chi connectivity index (χ2n) is 3.58. The van der Waals surface area contributed by atoms with E-state index in [1.807, 2.05) is 0 Å². The first-order valence-corrected chi connectivity index (χ1v) is 5.15. The van der Waals surface area contributed by atoms with Crippen LogP contribution in [0.15, 0.2) is 24.3 Å². The van der Waals surface area contributed by atoms with E-state index >= 15 is 0 Å². The van der Waals surface area contributed by atoms with E-state index < -0.39 is 11.7 Å². The van der Waals surface area contributed by atoms with Crippen LogP contribution in [-0.2, 0) is 6.18 Å². The third-order valence-electron chi connectivity index (χ3n) is 2.35. The van der Waals surface area contributed by atoms with Gasteiger partial charge in [0.25, 0.3) is 0 Å². The van der Waals surface area contributed by atoms with Crippen LogP contribution in [0.4, 0.5) is 13.2 Å². The molecule has 2 nitrogen and oxygen atoms in total. The van der Waals surface area contributed by atoms with Gasteiger partial charge < -0.3 is 0 Å². The quantitative estimate of drug-likeness (QED) is 0.823. The fourth-order valence-corrected chi connectivity index (χ4v) is 1.72. The zero-order chi connectivity index (χ0) is 12.6. The van der Waals surface area contributed by atoms with Crippen molar-refractivity contribution in [3.05, 3.63) is 40.5 Å². The molecule has 0 atom stereocenters. The molecule has 2 rings (SSSR count). The third-order valence-corrected chi connectivity index (χ3v) is 2.60. The van der Waals surface area contributed by atoms with Crippen LogP contribution in [-0.4, -0.2) is 10.2 Å². The van der Waals surface area contributed by atoms with Gasteiger partial charge in [-0.1, -0.05) is 23.7 Å². The van der Waals surface area contributed by atoms with Gasteiger partial charge in [0.1, 0.15) is 11.3 Å². The van der Waals surface area contributed by atoms with Crippen LogP contribution in [0, 0.1) is 6.92 Å². The summed E-state index contributed by atoms with van der Waals surface area (Å²) < 4.78 is 38.5. The Hall–Kier alpha value is -1.49. The van der Waals surface area contributed by atoms with Crippen molar-refractivity contribution < 1.29 is 13.2 Å². The van der Waals surface area contributed by atoms with Crippen molar-refractivity contribution >= 4 is 11.6 Å². The van der Waals surface area contributed by atoms with Crippen molar-refractivity contribution in [3.63, 3.8) is 0 Å². The Morgan fingerprint density at radius 1 is 1.18 bits per heavy atom. The fourth-order valence-electron chi connectivity index (χ4n) is 1.59. The molecule has 1 aromatic carbocycles. The molecule has 0 aliphatic carbocycles. The van der Waals surface area contributed by atoms with E-state index in [-0.39, 0.29) is 11.4 Å². The summed E-state index contributed by atoms with van der Waals surface area (Å²) in [5, 5.41) is 6.52. The van der Waals surface area contributed by atoms with Crippen molar-refractivity contribution in [2.75, 3.05) is 0 Å². The Morgan fingerprint density at radius 2 is 1.76 bits per heavy atom. The van der Waals surface area contributed by atoms with Crippen LogP contribution in [0.1, 0.15) is 11.3 Å². The van der Waals surface area contributed by atoms with Crippen molar-refractivity contribution in [2.24, 2.45) is 0 Å². The number of aromatic nitrogens is 2. The number of hydrogen-bond donors (Lipinski definition) is 1. The predicted octanol–water partition coefficient (Wildman–Crippen LogP) is 4.06. The molecule has 90 valence electrons. The summed E-state index contributed by atoms with van der Waals surface area (Å²) in [4.78, 5) is 0. The molecule has 0 saturated heterocycles. The fraction of sp³-hybridized carbons (Fsp3) is 0.182. The Kier molecular flexibility index (Phi) is 2.87. The zero-order valence-corrected chi connectivity index (χ0v) is 9.52. The average molecular weight is 261 g/mol. The molecule has 0 radical (unpaired) electrons. The zero-order valence-electron chi connectivity index (χ0n) is 8.77. The standard InChI is InChI=1S/C11H8ClF3N2/c1-6-9(11(13,14)15)10(17-16-6)7-2-4-8(12)5-3-7/h2-5H,1H3,(H,16,17). The number of H-pyrrole nitrogens is 1. The minimum atomic E-state index is -4.42. The van der Waals surface area contributed by atoms with E-state index in [1.54, 1.807) is 0 Å². The largest absolute Gasteiger partial charge is 0.420 e. The molecule has 0 unspecified atom stereocenters. The number of benzene rings is 1. The van der Waals surface area contributed by atoms with Crippen LogP contribution in [0.5, 0.6) is 0 Å². The normalized spacial score (nSPS) is 11.8. The molecule has 6 heteroatoms. The highest BCUT2D eigenvalue weighted by Crippen LogP contribution is 2.37. The number of rotatable bonds is 1. The molecule has 0 spiro atoms. The number of halogens is 4. The van der Waals surface area contributed by atoms with Gasteiger partial charge in [-0.15, -0.1) is 0 Å². The van der Waals surface area contributed by atoms with Crippen LogP contribution in [0.25, 0.3) is 11.3 Å². The molecule has 0 bridgehead atoms. The van der Waals surface area contributed by atoms with Crippen LogP contribution in [0.3, 0.4) is 0 Å². The van der Waals surface area contributed by atoms with Gasteiger partial charge in [-0.05, 0) is 19.1 Å². The van der Waals surface area contributed by atoms with Gasteiger partial charge in [0.05, 0.1) is 0 Å². The Bertz CT molecular complexity index is 529. The molecule has 0 amide bonds. The number of hydrogen-bond acceptors (Lipinski definition) is 1. The summed E-state index contributed by atoms with van der Waals surface area (Å²) in [7, 11) is 0. The van der Waals surface area contributed by atoms with Crippen molar-refractivity contribution in [2.45, 2.75) is 13.1 Å². The van der Waals surface area contributed by atoms with Gasteiger partial charge in [0, 0.05) is 16.3 Å². The highest BCUT2D eigenvalue weighted by molar-refractivity contribution is 6.30. The number of aryl methyl sites for hydroxylation is 1. The Morgan fingerprint density at radius 3 is 2.29 bits per heavy atom. The Balaban J connectivity index is 2.57. The van der Waals surface area contributed by atoms with Crippen molar-refractivity contribution in [1.29, 1.82) is 0 Å². The molecular weight excluding hydrogens is 253 g/mol. The maximum absolute atomic E-state index is 12.8. The first kappa shape index (κ1) is 12.0. The monoisotopic (exact) mass is 260 g/mol. The van der Waals surface area contributed by atoms with E-state index in [1.165, 1.54) is 31.2 Å². The smallest absolute Gasteiger partial charge is 0.282 e. The SMILES string of the molecule is Cc1[nH]nc(-c2ccc(Cl)cc2)c1C(F)(F)F. The molecule has 0 saturated carbocycles. The average Bonchev–Trinajstić information content (AvgIpc) is 2.61. The molecule has 0 aliphatic heterocycles. The van der Waals surface area contributed by atoms with Crippen molar-refractivity contribution in [1.82, 2.24) is 10.2 Å². The van der Waals surface area contributed by atoms with Crippen molar-refractivity contribution in [3.8, 4) is 11.3 Å². The first-order valence-electron chi connectivity index (χ1n) is 4.77. The first-order chi connectivity index (χ1) is 7.89. The molecule has 2 aromatic rings. The topological polar surface area (TPSA) is 28.7 Å². The van der Waals surface area contributed by atoms with Crippen LogP contribution < -0.4 is 0 Å². The maximum atomic E-state index is 12.8. The lowest BCUT2D eigenvalue weighted by atomic mass is 10.1. The highest BCUT2D eigenvalue weighted by Gasteiger charge is 2.37. The number of aromatic amines is 1. The molecule has 0 fully saturated rings. The lowest BCUT2D eigenvalue weighted by molar-refractivity contribution is -0.137. The number of alkyl halides is 3. The van der Waals surface area contributed by atoms with E-state index in [2.05, 4.69) is 10.2 Å². The molecule has 1 heterocycles. The van der Waals surface area contributed by atoms with Gasteiger partial charge in [-0.25, -0.2) is 0 Å². The minimum absolute atomic E-state index is 0.00227. The summed E-state index contributed by atoms with van der Waals surface area (Å²) >= 11 is 5.68. The highest BCUT2D eigenvalue weighted by atomic mass is 35.5. The molecule has 17 heavy (non-hydrogen) atoms. The van der Waals surface area contributed by atoms with E-state index in [0.717, 1.165) is 0 Å². The molecule has 0 aliphatic rings. The van der Waals surface area contributed by atoms with Crippen LogP contribution in [0.2, 0.25) is 5.02 Å². The van der Waals surface area contributed by atoms with E-state index in [9.17, 15) is 13.2 Å². The van der Waals surface area contributed by atoms with Gasteiger partial charge in [0.15, 0.2) is 0 Å². The predicted molar refractivity (Wildman–Crippen MR) is 58.8 cm³/mol. The number of nitrogens with zero attached hydrogens (tertiary/aromatic N) is 1. The second kappa shape index (κ2) is 4.07. The molecule has 1 N–H and O–H groups in total. The third kappa shape index (κ3) is 2.29. The summed E-state index contributed by atoms with van der Waals surface area (Å²) in [6, 6.07) is 6.07.